The number of rotatable bonds is 3. The summed E-state index contributed by atoms with van der Waals surface area (Å²) in [7, 11) is 1.52. The average molecular weight is 234 g/mol. The molecule has 0 saturated carbocycles. The average Bonchev–Trinajstić information content (AvgIpc) is 2.35. The molecule has 1 heterocycles. The number of nitrogens with one attached hydrogen (secondary N) is 1. The Bertz CT molecular complexity index is 471. The minimum absolute atomic E-state index is 0.0901. The highest BCUT2D eigenvalue weighted by Gasteiger charge is 2.31. The molecular weight excluding hydrogens is 220 g/mol. The highest BCUT2D eigenvalue weighted by molar-refractivity contribution is 6.15. The number of methoxy groups -OCH3 is 1. The summed E-state index contributed by atoms with van der Waals surface area (Å²) >= 11 is 0. The second kappa shape index (κ2) is 4.55. The first kappa shape index (κ1) is 11.6. The third-order valence-electron chi connectivity index (χ3n) is 2.81. The summed E-state index contributed by atoms with van der Waals surface area (Å²) in [4.78, 5) is 23.9. The molecule has 17 heavy (non-hydrogen) atoms. The fraction of sp³-hybridized carbons (Fsp3) is 0.333. The van der Waals surface area contributed by atoms with E-state index in [0.29, 0.717) is 29.8 Å². The Labute approximate surface area is 98.9 Å². The van der Waals surface area contributed by atoms with Crippen LogP contribution in [0.1, 0.15) is 27.1 Å². The van der Waals surface area contributed by atoms with Gasteiger partial charge in [0.1, 0.15) is 5.75 Å². The monoisotopic (exact) mass is 234 g/mol. The van der Waals surface area contributed by atoms with Crippen molar-refractivity contribution >= 4 is 11.7 Å². The number of benzene rings is 1. The molecule has 0 aromatic heterocycles. The number of carbonyl (C=O) groups excluding carboxylic acids is 2. The molecule has 90 valence electrons. The van der Waals surface area contributed by atoms with E-state index in [1.54, 1.807) is 18.2 Å². The molecule has 1 amide bonds. The van der Waals surface area contributed by atoms with E-state index in [0.717, 1.165) is 0 Å². The van der Waals surface area contributed by atoms with Crippen molar-refractivity contribution in [1.29, 1.82) is 0 Å². The molecule has 0 saturated heterocycles. The Hall–Kier alpha value is -1.88. The maximum Gasteiger partial charge on any atom is 0.252 e. The lowest BCUT2D eigenvalue weighted by Gasteiger charge is -2.24. The molecule has 1 atom stereocenters. The standard InChI is InChI=1S/C12H14N2O3/c1-17-7-2-3-8-9(6-7)12(16)14-10(4-5-13)11(8)15/h2-3,6,10H,4-5,13H2,1H3,(H,14,16)/t10-/m0/s1. The largest absolute Gasteiger partial charge is 0.497 e. The van der Waals surface area contributed by atoms with Crippen molar-refractivity contribution < 1.29 is 14.3 Å². The second-order valence-corrected chi connectivity index (χ2v) is 3.88. The summed E-state index contributed by atoms with van der Waals surface area (Å²) in [6.07, 6.45) is 0.454. The molecule has 5 nitrogen and oxygen atoms in total. The van der Waals surface area contributed by atoms with Crippen LogP contribution in [-0.4, -0.2) is 31.4 Å². The predicted molar refractivity (Wildman–Crippen MR) is 62.3 cm³/mol. The van der Waals surface area contributed by atoms with Gasteiger partial charge >= 0.3 is 0 Å². The maximum atomic E-state index is 12.0. The van der Waals surface area contributed by atoms with Gasteiger partial charge in [0.2, 0.25) is 0 Å². The van der Waals surface area contributed by atoms with E-state index in [4.69, 9.17) is 10.5 Å². The number of nitrogens with two attached hydrogens (primary N) is 1. The van der Waals surface area contributed by atoms with Crippen molar-refractivity contribution in [3.05, 3.63) is 29.3 Å². The first-order valence-electron chi connectivity index (χ1n) is 5.40. The summed E-state index contributed by atoms with van der Waals surface area (Å²) in [6, 6.07) is 4.36. The van der Waals surface area contributed by atoms with E-state index in [1.807, 2.05) is 0 Å². The summed E-state index contributed by atoms with van der Waals surface area (Å²) in [5, 5.41) is 2.65. The van der Waals surface area contributed by atoms with Gasteiger partial charge in [0.25, 0.3) is 5.91 Å². The van der Waals surface area contributed by atoms with Gasteiger partial charge < -0.3 is 15.8 Å². The van der Waals surface area contributed by atoms with Gasteiger partial charge in [-0.2, -0.15) is 0 Å². The molecular formula is C12H14N2O3. The number of amides is 1. The van der Waals surface area contributed by atoms with E-state index in [9.17, 15) is 9.59 Å². The van der Waals surface area contributed by atoms with Crippen LogP contribution in [0.4, 0.5) is 0 Å². The van der Waals surface area contributed by atoms with Gasteiger partial charge in [-0.25, -0.2) is 0 Å². The van der Waals surface area contributed by atoms with Crippen LogP contribution in [0.2, 0.25) is 0 Å². The van der Waals surface area contributed by atoms with E-state index in [2.05, 4.69) is 5.32 Å². The molecule has 1 aromatic carbocycles. The van der Waals surface area contributed by atoms with Crippen molar-refractivity contribution in [3.63, 3.8) is 0 Å². The molecule has 0 spiro atoms. The lowest BCUT2D eigenvalue weighted by atomic mass is 9.92. The number of ketones is 1. The van der Waals surface area contributed by atoms with Gasteiger partial charge in [-0.15, -0.1) is 0 Å². The molecule has 0 radical (unpaired) electrons. The molecule has 3 N–H and O–H groups in total. The highest BCUT2D eigenvalue weighted by Crippen LogP contribution is 2.23. The topological polar surface area (TPSA) is 81.4 Å². The van der Waals surface area contributed by atoms with Crippen LogP contribution in [0.15, 0.2) is 18.2 Å². The fourth-order valence-electron chi connectivity index (χ4n) is 1.91. The predicted octanol–water partition coefficient (Wildman–Crippen LogP) is 0.339. The van der Waals surface area contributed by atoms with Gasteiger partial charge in [-0.3, -0.25) is 9.59 Å². The Morgan fingerprint density at radius 2 is 2.12 bits per heavy atom. The number of Topliss-reactive ketones (excluding diaryl/α,β-unsaturated/α-hetero) is 1. The van der Waals surface area contributed by atoms with E-state index >= 15 is 0 Å². The minimum Gasteiger partial charge on any atom is -0.497 e. The third-order valence-corrected chi connectivity index (χ3v) is 2.81. The van der Waals surface area contributed by atoms with Crippen LogP contribution in [0.5, 0.6) is 5.75 Å². The zero-order chi connectivity index (χ0) is 12.4. The normalized spacial score (nSPS) is 18.6. The molecule has 0 bridgehead atoms. The lowest BCUT2D eigenvalue weighted by molar-refractivity contribution is 0.0824. The van der Waals surface area contributed by atoms with Gasteiger partial charge in [0.15, 0.2) is 5.78 Å². The molecule has 1 aliphatic heterocycles. The number of hydrogen-bond acceptors (Lipinski definition) is 4. The summed E-state index contributed by atoms with van der Waals surface area (Å²) in [5.41, 5.74) is 6.21. The Balaban J connectivity index is 2.41. The zero-order valence-electron chi connectivity index (χ0n) is 9.53. The zero-order valence-corrected chi connectivity index (χ0v) is 9.53. The molecule has 5 heteroatoms. The quantitative estimate of drug-likeness (QED) is 0.790. The summed E-state index contributed by atoms with van der Waals surface area (Å²) in [6.45, 7) is 0.363. The number of hydrogen-bond donors (Lipinski definition) is 2. The highest BCUT2D eigenvalue weighted by atomic mass is 16.5. The molecule has 2 rings (SSSR count). The SMILES string of the molecule is COc1ccc2c(c1)C(=O)N[C@@H](CCN)C2=O. The Kier molecular flexibility index (Phi) is 3.10. The molecule has 0 unspecified atom stereocenters. The molecule has 0 aliphatic carbocycles. The van der Waals surface area contributed by atoms with Crippen molar-refractivity contribution in [2.75, 3.05) is 13.7 Å². The van der Waals surface area contributed by atoms with Crippen LogP contribution < -0.4 is 15.8 Å². The van der Waals surface area contributed by atoms with Crippen molar-refractivity contribution in [1.82, 2.24) is 5.32 Å². The van der Waals surface area contributed by atoms with Gasteiger partial charge in [-0.05, 0) is 31.2 Å². The van der Waals surface area contributed by atoms with Gasteiger partial charge in [0, 0.05) is 5.56 Å². The van der Waals surface area contributed by atoms with E-state index in [-0.39, 0.29) is 11.7 Å². The molecule has 1 aromatic rings. The van der Waals surface area contributed by atoms with Crippen molar-refractivity contribution in [2.45, 2.75) is 12.5 Å². The van der Waals surface area contributed by atoms with Crippen molar-refractivity contribution in [3.8, 4) is 5.75 Å². The lowest BCUT2D eigenvalue weighted by Crippen LogP contribution is -2.47. The first-order valence-corrected chi connectivity index (χ1v) is 5.40. The van der Waals surface area contributed by atoms with Crippen molar-refractivity contribution in [2.24, 2.45) is 5.73 Å². The molecule has 0 fully saturated rings. The third kappa shape index (κ3) is 2.01. The summed E-state index contributed by atoms with van der Waals surface area (Å²) in [5.74, 6) is 0.216. The number of fused-ring (bicyclic) bond motifs is 1. The van der Waals surface area contributed by atoms with Gasteiger partial charge in [0.05, 0.1) is 18.7 Å². The Morgan fingerprint density at radius 1 is 1.35 bits per heavy atom. The first-order chi connectivity index (χ1) is 8.17. The maximum absolute atomic E-state index is 12.0. The van der Waals surface area contributed by atoms with Crippen LogP contribution in [0.25, 0.3) is 0 Å². The van der Waals surface area contributed by atoms with Crippen LogP contribution in [0.3, 0.4) is 0 Å². The van der Waals surface area contributed by atoms with Crippen LogP contribution in [0, 0.1) is 0 Å². The minimum atomic E-state index is -0.506. The van der Waals surface area contributed by atoms with Crippen LogP contribution in [-0.2, 0) is 0 Å². The van der Waals surface area contributed by atoms with Crippen LogP contribution >= 0.6 is 0 Å². The fourth-order valence-corrected chi connectivity index (χ4v) is 1.91. The number of carbonyl (C=O) groups is 2. The molecule has 1 aliphatic rings. The smallest absolute Gasteiger partial charge is 0.252 e. The second-order valence-electron chi connectivity index (χ2n) is 3.88. The number of ether oxygens (including phenoxy) is 1. The van der Waals surface area contributed by atoms with E-state index in [1.165, 1.54) is 7.11 Å². The Morgan fingerprint density at radius 3 is 2.76 bits per heavy atom. The van der Waals surface area contributed by atoms with E-state index < -0.39 is 6.04 Å². The van der Waals surface area contributed by atoms with Gasteiger partial charge in [-0.1, -0.05) is 0 Å². The summed E-state index contributed by atoms with van der Waals surface area (Å²) < 4.78 is 5.03.